The van der Waals surface area contributed by atoms with Crippen molar-refractivity contribution in [2.75, 3.05) is 19.4 Å². The van der Waals surface area contributed by atoms with E-state index in [9.17, 15) is 4.79 Å². The van der Waals surface area contributed by atoms with Crippen molar-refractivity contribution in [2.45, 2.75) is 37.0 Å². The summed E-state index contributed by atoms with van der Waals surface area (Å²) in [5, 5.41) is 6.81. The van der Waals surface area contributed by atoms with E-state index < -0.39 is 0 Å². The van der Waals surface area contributed by atoms with Crippen LogP contribution in [0.25, 0.3) is 0 Å². The fourth-order valence-electron chi connectivity index (χ4n) is 3.28. The van der Waals surface area contributed by atoms with Crippen LogP contribution in [-0.4, -0.2) is 36.7 Å². The van der Waals surface area contributed by atoms with E-state index >= 15 is 0 Å². The molecule has 2 N–H and O–H groups in total. The van der Waals surface area contributed by atoms with Gasteiger partial charge in [0, 0.05) is 23.8 Å². The van der Waals surface area contributed by atoms with Crippen molar-refractivity contribution in [3.8, 4) is 5.75 Å². The van der Waals surface area contributed by atoms with Crippen LogP contribution in [0, 0.1) is 5.92 Å². The Labute approximate surface area is 136 Å². The van der Waals surface area contributed by atoms with Gasteiger partial charge in [-0.3, -0.25) is 0 Å². The largest absolute Gasteiger partial charge is 0.493 e. The second kappa shape index (κ2) is 7.27. The molecule has 3 rings (SSSR count). The van der Waals surface area contributed by atoms with Crippen LogP contribution in [0.3, 0.4) is 0 Å². The number of rotatable bonds is 4. The lowest BCUT2D eigenvalue weighted by molar-refractivity contribution is 0.210. The maximum Gasteiger partial charge on any atom is 0.315 e. The Kier molecular flexibility index (Phi) is 5.13. The number of hydrogen-bond donors (Lipinski definition) is 2. The van der Waals surface area contributed by atoms with Crippen LogP contribution < -0.4 is 15.4 Å². The smallest absolute Gasteiger partial charge is 0.315 e. The average molecular weight is 320 g/mol. The molecule has 22 heavy (non-hydrogen) atoms. The van der Waals surface area contributed by atoms with Crippen LogP contribution in [0.5, 0.6) is 5.75 Å². The number of fused-ring (bicyclic) bond motifs is 1. The third-order valence-corrected chi connectivity index (χ3v) is 5.65. The highest BCUT2D eigenvalue weighted by atomic mass is 32.2. The van der Waals surface area contributed by atoms with Crippen molar-refractivity contribution in [3.63, 3.8) is 0 Å². The number of amides is 2. The number of benzene rings is 1. The summed E-state index contributed by atoms with van der Waals surface area (Å²) in [4.78, 5) is 12.0. The van der Waals surface area contributed by atoms with E-state index in [1.807, 2.05) is 30.0 Å². The van der Waals surface area contributed by atoms with E-state index in [1.54, 1.807) is 0 Å². The number of ether oxygens (including phenoxy) is 1. The third-order valence-electron chi connectivity index (χ3n) is 4.56. The summed E-state index contributed by atoms with van der Waals surface area (Å²) in [6.45, 7) is 1.34. The lowest BCUT2D eigenvalue weighted by Crippen LogP contribution is -2.44. The molecule has 0 spiro atoms. The topological polar surface area (TPSA) is 50.4 Å². The van der Waals surface area contributed by atoms with E-state index in [0.29, 0.717) is 30.4 Å². The summed E-state index contributed by atoms with van der Waals surface area (Å²) in [5.41, 5.74) is 1.24. The highest BCUT2D eigenvalue weighted by molar-refractivity contribution is 7.99. The van der Waals surface area contributed by atoms with E-state index in [-0.39, 0.29) is 6.03 Å². The van der Waals surface area contributed by atoms with Gasteiger partial charge in [-0.15, -0.1) is 0 Å². The zero-order chi connectivity index (χ0) is 15.4. The molecule has 3 unspecified atom stereocenters. The summed E-state index contributed by atoms with van der Waals surface area (Å²) in [7, 11) is 0. The highest BCUT2D eigenvalue weighted by Gasteiger charge is 2.25. The molecule has 1 aromatic rings. The van der Waals surface area contributed by atoms with Gasteiger partial charge in [-0.1, -0.05) is 18.2 Å². The van der Waals surface area contributed by atoms with Gasteiger partial charge in [0.1, 0.15) is 5.75 Å². The molecule has 3 atom stereocenters. The Bertz CT molecular complexity index is 523. The highest BCUT2D eigenvalue weighted by Crippen LogP contribution is 2.28. The third kappa shape index (κ3) is 3.88. The zero-order valence-electron chi connectivity index (χ0n) is 13.0. The van der Waals surface area contributed by atoms with Gasteiger partial charge in [0.05, 0.1) is 6.61 Å². The van der Waals surface area contributed by atoms with Gasteiger partial charge in [0.2, 0.25) is 0 Å². The van der Waals surface area contributed by atoms with Crippen LogP contribution in [0.1, 0.15) is 24.8 Å². The normalized spacial score (nSPS) is 26.9. The Morgan fingerprint density at radius 1 is 1.36 bits per heavy atom. The summed E-state index contributed by atoms with van der Waals surface area (Å²) < 4.78 is 5.76. The van der Waals surface area contributed by atoms with Gasteiger partial charge in [-0.05, 0) is 43.6 Å². The number of para-hydroxylation sites is 1. The van der Waals surface area contributed by atoms with Crippen molar-refractivity contribution in [2.24, 2.45) is 5.92 Å². The monoisotopic (exact) mass is 320 g/mol. The first-order valence-electron chi connectivity index (χ1n) is 8.02. The molecular weight excluding hydrogens is 296 g/mol. The average Bonchev–Trinajstić information content (AvgIpc) is 3.00. The molecule has 1 fully saturated rings. The predicted octanol–water partition coefficient (Wildman–Crippen LogP) is 2.82. The first-order valence-corrected chi connectivity index (χ1v) is 9.31. The van der Waals surface area contributed by atoms with E-state index in [0.717, 1.165) is 25.0 Å². The molecule has 1 aliphatic heterocycles. The van der Waals surface area contributed by atoms with Gasteiger partial charge in [0.15, 0.2) is 0 Å². The Morgan fingerprint density at radius 3 is 3.05 bits per heavy atom. The summed E-state index contributed by atoms with van der Waals surface area (Å²) in [5.74, 6) is 1.33. The molecular formula is C17H24N2O2S. The van der Waals surface area contributed by atoms with Gasteiger partial charge in [-0.25, -0.2) is 4.79 Å². The molecule has 1 aliphatic carbocycles. The molecule has 2 aliphatic rings. The fourth-order valence-corrected chi connectivity index (χ4v) is 4.08. The van der Waals surface area contributed by atoms with Crippen LogP contribution in [-0.2, 0) is 6.42 Å². The van der Waals surface area contributed by atoms with Crippen LogP contribution in [0.15, 0.2) is 24.3 Å². The molecule has 4 nitrogen and oxygen atoms in total. The molecule has 0 radical (unpaired) electrons. The van der Waals surface area contributed by atoms with Crippen molar-refractivity contribution in [1.29, 1.82) is 0 Å². The van der Waals surface area contributed by atoms with Crippen molar-refractivity contribution < 1.29 is 9.53 Å². The standard InChI is InChI=1S/C17H24N2O2S/c1-22-15-7-6-14(9-15)19-17(20)18-10-12-8-13-4-2-3-5-16(13)21-11-12/h2-5,12,14-15H,6-11H2,1H3,(H2,18,19,20). The first-order chi connectivity index (χ1) is 10.7. The maximum atomic E-state index is 12.0. The molecule has 0 bridgehead atoms. The molecule has 2 amide bonds. The van der Waals surface area contributed by atoms with Crippen molar-refractivity contribution in [3.05, 3.63) is 29.8 Å². The minimum Gasteiger partial charge on any atom is -0.493 e. The van der Waals surface area contributed by atoms with Gasteiger partial charge >= 0.3 is 6.03 Å². The second-order valence-electron chi connectivity index (χ2n) is 6.21. The molecule has 1 heterocycles. The lowest BCUT2D eigenvalue weighted by Gasteiger charge is -2.25. The minimum absolute atomic E-state index is 0.0365. The number of hydrogen-bond acceptors (Lipinski definition) is 3. The van der Waals surface area contributed by atoms with Crippen molar-refractivity contribution >= 4 is 17.8 Å². The first kappa shape index (κ1) is 15.5. The van der Waals surface area contributed by atoms with Crippen LogP contribution in [0.4, 0.5) is 4.79 Å². The second-order valence-corrected chi connectivity index (χ2v) is 7.35. The lowest BCUT2D eigenvalue weighted by atomic mass is 9.97. The van der Waals surface area contributed by atoms with Crippen LogP contribution in [0.2, 0.25) is 0 Å². The van der Waals surface area contributed by atoms with Crippen LogP contribution >= 0.6 is 11.8 Å². The van der Waals surface area contributed by atoms with E-state index in [4.69, 9.17) is 4.74 Å². The predicted molar refractivity (Wildman–Crippen MR) is 90.6 cm³/mol. The van der Waals surface area contributed by atoms with E-state index in [1.165, 1.54) is 12.0 Å². The fraction of sp³-hybridized carbons (Fsp3) is 0.588. The molecule has 1 aromatic carbocycles. The zero-order valence-corrected chi connectivity index (χ0v) is 13.8. The van der Waals surface area contributed by atoms with E-state index in [2.05, 4.69) is 23.0 Å². The summed E-state index contributed by atoms with van der Waals surface area (Å²) >= 11 is 1.90. The molecule has 1 saturated carbocycles. The molecule has 5 heteroatoms. The van der Waals surface area contributed by atoms with Crippen molar-refractivity contribution in [1.82, 2.24) is 10.6 Å². The van der Waals surface area contributed by atoms with Gasteiger partial charge < -0.3 is 15.4 Å². The maximum absolute atomic E-state index is 12.0. The molecule has 120 valence electrons. The van der Waals surface area contributed by atoms with Gasteiger partial charge in [0.25, 0.3) is 0 Å². The minimum atomic E-state index is -0.0365. The quantitative estimate of drug-likeness (QED) is 0.897. The summed E-state index contributed by atoms with van der Waals surface area (Å²) in [6.07, 6.45) is 6.51. The Hall–Kier alpha value is -1.36. The number of nitrogens with one attached hydrogen (secondary N) is 2. The Balaban J connectivity index is 1.41. The summed E-state index contributed by atoms with van der Waals surface area (Å²) in [6, 6.07) is 8.43. The number of thioether (sulfide) groups is 1. The number of carbonyl (C=O) groups is 1. The SMILES string of the molecule is CSC1CCC(NC(=O)NCC2COc3ccccc3C2)C1. The molecule has 0 saturated heterocycles. The number of carbonyl (C=O) groups excluding carboxylic acids is 1. The number of urea groups is 1. The molecule has 0 aromatic heterocycles. The van der Waals surface area contributed by atoms with Gasteiger partial charge in [-0.2, -0.15) is 11.8 Å². The Morgan fingerprint density at radius 2 is 2.23 bits per heavy atom.